The van der Waals surface area contributed by atoms with Gasteiger partial charge in [0.05, 0.1) is 10.9 Å². The Kier molecular flexibility index (Phi) is 4.27. The molecule has 0 fully saturated rings. The van der Waals surface area contributed by atoms with Gasteiger partial charge in [-0.15, -0.1) is 6.42 Å². The lowest BCUT2D eigenvalue weighted by molar-refractivity contribution is 0.569. The van der Waals surface area contributed by atoms with Crippen molar-refractivity contribution in [3.05, 3.63) is 29.6 Å². The summed E-state index contributed by atoms with van der Waals surface area (Å²) in [5.41, 5.74) is 0.351. The molecule has 92 valence electrons. The number of aryl methyl sites for hydroxylation is 1. The molecule has 0 bridgehead atoms. The fourth-order valence-electron chi connectivity index (χ4n) is 1.40. The fraction of sp³-hybridized carbons (Fsp3) is 0.333. The summed E-state index contributed by atoms with van der Waals surface area (Å²) in [7, 11) is -3.69. The molecular formula is C12H14FNO2S. The smallest absolute Gasteiger partial charge is 0.207 e. The molecule has 1 N–H and O–H groups in total. The van der Waals surface area contributed by atoms with E-state index < -0.39 is 21.9 Å². The van der Waals surface area contributed by atoms with Crippen molar-refractivity contribution in [2.24, 2.45) is 0 Å². The monoisotopic (exact) mass is 255 g/mol. The van der Waals surface area contributed by atoms with Crippen LogP contribution < -0.4 is 4.72 Å². The highest BCUT2D eigenvalue weighted by Gasteiger charge is 2.19. The Morgan fingerprint density at radius 3 is 2.65 bits per heavy atom. The van der Waals surface area contributed by atoms with Crippen LogP contribution in [-0.4, -0.2) is 14.5 Å². The van der Waals surface area contributed by atoms with Gasteiger partial charge in [-0.1, -0.05) is 12.8 Å². The molecule has 0 amide bonds. The first-order valence-electron chi connectivity index (χ1n) is 5.15. The van der Waals surface area contributed by atoms with E-state index in [4.69, 9.17) is 6.42 Å². The van der Waals surface area contributed by atoms with Gasteiger partial charge in [-0.3, -0.25) is 0 Å². The third-order valence-electron chi connectivity index (χ3n) is 2.33. The highest BCUT2D eigenvalue weighted by atomic mass is 32.2. The predicted octanol–water partition coefficient (Wildman–Crippen LogP) is 1.82. The molecule has 1 unspecified atom stereocenters. The first kappa shape index (κ1) is 13.7. The zero-order valence-corrected chi connectivity index (χ0v) is 10.5. The lowest BCUT2D eigenvalue weighted by atomic mass is 10.2. The summed E-state index contributed by atoms with van der Waals surface area (Å²) in [6, 6.07) is 2.96. The number of sulfonamides is 1. The molecule has 0 saturated heterocycles. The van der Waals surface area contributed by atoms with E-state index in [0.717, 1.165) is 6.07 Å². The SMILES string of the molecule is C#CC(CC)NS(=O)(=O)c1ccc(F)cc1C. The van der Waals surface area contributed by atoms with Gasteiger partial charge in [-0.25, -0.2) is 12.8 Å². The van der Waals surface area contributed by atoms with Crippen molar-refractivity contribution >= 4 is 10.0 Å². The lowest BCUT2D eigenvalue weighted by Crippen LogP contribution is -2.33. The Bertz CT molecular complexity index is 546. The molecule has 1 rings (SSSR count). The Hall–Kier alpha value is -1.38. The number of halogens is 1. The summed E-state index contributed by atoms with van der Waals surface area (Å²) >= 11 is 0. The molecule has 0 aliphatic heterocycles. The summed E-state index contributed by atoms with van der Waals surface area (Å²) in [5, 5.41) is 0. The Morgan fingerprint density at radius 1 is 1.53 bits per heavy atom. The minimum Gasteiger partial charge on any atom is -0.207 e. The van der Waals surface area contributed by atoms with Gasteiger partial charge in [0, 0.05) is 0 Å². The van der Waals surface area contributed by atoms with Crippen LogP contribution in [0, 0.1) is 25.1 Å². The number of terminal acetylenes is 1. The molecule has 1 aromatic carbocycles. The van der Waals surface area contributed by atoms with E-state index >= 15 is 0 Å². The van der Waals surface area contributed by atoms with Crippen molar-refractivity contribution in [1.29, 1.82) is 0 Å². The Morgan fingerprint density at radius 2 is 2.18 bits per heavy atom. The van der Waals surface area contributed by atoms with Crippen LogP contribution in [0.3, 0.4) is 0 Å². The molecule has 5 heteroatoms. The quantitative estimate of drug-likeness (QED) is 0.834. The maximum atomic E-state index is 12.9. The molecule has 0 saturated carbocycles. The molecule has 0 spiro atoms. The zero-order valence-electron chi connectivity index (χ0n) is 9.70. The van der Waals surface area contributed by atoms with Gasteiger partial charge >= 0.3 is 0 Å². The summed E-state index contributed by atoms with van der Waals surface area (Å²) in [5.74, 6) is 1.88. The van der Waals surface area contributed by atoms with Crippen molar-refractivity contribution in [2.75, 3.05) is 0 Å². The van der Waals surface area contributed by atoms with E-state index in [2.05, 4.69) is 10.6 Å². The Balaban J connectivity index is 3.10. The lowest BCUT2D eigenvalue weighted by Gasteiger charge is -2.13. The minimum atomic E-state index is -3.69. The van der Waals surface area contributed by atoms with Crippen LogP contribution in [0.1, 0.15) is 18.9 Å². The second-order valence-electron chi connectivity index (χ2n) is 3.66. The number of benzene rings is 1. The van der Waals surface area contributed by atoms with Crippen LogP contribution >= 0.6 is 0 Å². The van der Waals surface area contributed by atoms with Gasteiger partial charge in [0.25, 0.3) is 0 Å². The second-order valence-corrected chi connectivity index (χ2v) is 5.34. The van der Waals surface area contributed by atoms with E-state index in [1.165, 1.54) is 19.1 Å². The van der Waals surface area contributed by atoms with Crippen LogP contribution in [0.2, 0.25) is 0 Å². The average molecular weight is 255 g/mol. The van der Waals surface area contributed by atoms with Crippen LogP contribution in [0.25, 0.3) is 0 Å². The van der Waals surface area contributed by atoms with Gasteiger partial charge < -0.3 is 0 Å². The third-order valence-corrected chi connectivity index (χ3v) is 3.97. The molecule has 0 aromatic heterocycles. The first-order valence-corrected chi connectivity index (χ1v) is 6.63. The predicted molar refractivity (Wildman–Crippen MR) is 64.4 cm³/mol. The molecule has 0 aliphatic carbocycles. The highest BCUT2D eigenvalue weighted by Crippen LogP contribution is 2.16. The molecule has 17 heavy (non-hydrogen) atoms. The van der Waals surface area contributed by atoms with E-state index in [1.54, 1.807) is 6.92 Å². The van der Waals surface area contributed by atoms with Crippen molar-refractivity contribution < 1.29 is 12.8 Å². The van der Waals surface area contributed by atoms with Crippen molar-refractivity contribution in [3.63, 3.8) is 0 Å². The largest absolute Gasteiger partial charge is 0.241 e. The minimum absolute atomic E-state index is 0.0487. The van der Waals surface area contributed by atoms with Crippen molar-refractivity contribution in [1.82, 2.24) is 4.72 Å². The molecule has 3 nitrogen and oxygen atoms in total. The standard InChI is InChI=1S/C12H14FNO2S/c1-4-11(5-2)14-17(15,16)12-7-6-10(13)8-9(12)3/h1,6-8,11,14H,5H2,2-3H3. The van der Waals surface area contributed by atoms with E-state index in [9.17, 15) is 12.8 Å². The Labute approximate surface area is 101 Å². The van der Waals surface area contributed by atoms with Gasteiger partial charge in [0.2, 0.25) is 10.0 Å². The molecule has 1 atom stereocenters. The van der Waals surface area contributed by atoms with E-state index in [-0.39, 0.29) is 4.90 Å². The van der Waals surface area contributed by atoms with Crippen LogP contribution in [0.4, 0.5) is 4.39 Å². The normalized spacial score (nSPS) is 13.1. The summed E-state index contributed by atoms with van der Waals surface area (Å²) in [6.45, 7) is 3.32. The average Bonchev–Trinajstić information content (AvgIpc) is 2.25. The fourth-order valence-corrected chi connectivity index (χ4v) is 2.87. The molecule has 0 aliphatic rings. The first-order chi connectivity index (χ1) is 7.90. The van der Waals surface area contributed by atoms with Crippen LogP contribution in [0.5, 0.6) is 0 Å². The van der Waals surface area contributed by atoms with Crippen molar-refractivity contribution in [2.45, 2.75) is 31.2 Å². The topological polar surface area (TPSA) is 46.2 Å². The summed E-state index contributed by atoms with van der Waals surface area (Å²) in [4.78, 5) is 0.0487. The highest BCUT2D eigenvalue weighted by molar-refractivity contribution is 7.89. The molecule has 0 radical (unpaired) electrons. The number of hydrogen-bond acceptors (Lipinski definition) is 2. The van der Waals surface area contributed by atoms with E-state index in [0.29, 0.717) is 12.0 Å². The van der Waals surface area contributed by atoms with Crippen molar-refractivity contribution in [3.8, 4) is 12.3 Å². The maximum absolute atomic E-state index is 12.9. The molecule has 0 heterocycles. The number of hydrogen-bond donors (Lipinski definition) is 1. The van der Waals surface area contributed by atoms with Crippen LogP contribution in [-0.2, 0) is 10.0 Å². The maximum Gasteiger partial charge on any atom is 0.241 e. The van der Waals surface area contributed by atoms with Gasteiger partial charge in [0.15, 0.2) is 0 Å². The van der Waals surface area contributed by atoms with Gasteiger partial charge in [-0.05, 0) is 37.1 Å². The second kappa shape index (κ2) is 5.30. The van der Waals surface area contributed by atoms with E-state index in [1.807, 2.05) is 0 Å². The third kappa shape index (κ3) is 3.29. The summed E-state index contributed by atoms with van der Waals surface area (Å²) in [6.07, 6.45) is 5.69. The number of nitrogens with one attached hydrogen (secondary N) is 1. The molecular weight excluding hydrogens is 241 g/mol. The summed E-state index contributed by atoms with van der Waals surface area (Å²) < 4.78 is 39.2. The number of rotatable bonds is 4. The van der Waals surface area contributed by atoms with Gasteiger partial charge in [-0.2, -0.15) is 4.72 Å². The van der Waals surface area contributed by atoms with Crippen LogP contribution in [0.15, 0.2) is 23.1 Å². The zero-order chi connectivity index (χ0) is 13.1. The van der Waals surface area contributed by atoms with Gasteiger partial charge in [0.1, 0.15) is 5.82 Å². The molecule has 1 aromatic rings.